The summed E-state index contributed by atoms with van der Waals surface area (Å²) in [5, 5.41) is 1.58. The van der Waals surface area contributed by atoms with Crippen LogP contribution in [-0.4, -0.2) is 27.5 Å². The lowest BCUT2D eigenvalue weighted by Crippen LogP contribution is -1.92. The average Bonchev–Trinajstić information content (AvgIpc) is 2.03. The molecule has 1 heterocycles. The molecule has 0 aliphatic heterocycles. The molecule has 0 bridgehead atoms. The van der Waals surface area contributed by atoms with E-state index in [1.165, 1.54) is 23.5 Å². The van der Waals surface area contributed by atoms with Crippen LogP contribution in [0.2, 0.25) is 5.28 Å². The second kappa shape index (κ2) is 4.13. The quantitative estimate of drug-likeness (QED) is 0.694. The highest BCUT2D eigenvalue weighted by Gasteiger charge is 2.01. The van der Waals surface area contributed by atoms with Gasteiger partial charge in [0.1, 0.15) is 0 Å². The monoisotopic (exact) mass is 207 g/mol. The van der Waals surface area contributed by atoms with Crippen molar-refractivity contribution >= 4 is 35.1 Å². The van der Waals surface area contributed by atoms with Crippen LogP contribution in [-0.2, 0) is 0 Å². The summed E-state index contributed by atoms with van der Waals surface area (Å²) in [6, 6.07) is 0. The molecule has 0 aliphatic carbocycles. The SMILES string of the molecule is CSc1nc(Cl)nc(SC)n1. The molecule has 0 saturated heterocycles. The topological polar surface area (TPSA) is 38.7 Å². The van der Waals surface area contributed by atoms with Gasteiger partial charge in [-0.3, -0.25) is 0 Å². The van der Waals surface area contributed by atoms with E-state index in [2.05, 4.69) is 15.0 Å². The predicted octanol–water partition coefficient (Wildman–Crippen LogP) is 1.97. The minimum Gasteiger partial charge on any atom is -0.196 e. The lowest BCUT2D eigenvalue weighted by molar-refractivity contribution is 0.804. The van der Waals surface area contributed by atoms with Crippen LogP contribution in [0.5, 0.6) is 0 Å². The molecule has 0 amide bonds. The van der Waals surface area contributed by atoms with Crippen molar-refractivity contribution in [1.29, 1.82) is 0 Å². The van der Waals surface area contributed by atoms with Crippen LogP contribution >= 0.6 is 35.1 Å². The van der Waals surface area contributed by atoms with Gasteiger partial charge in [0, 0.05) is 0 Å². The molecule has 0 N–H and O–H groups in total. The summed E-state index contributed by atoms with van der Waals surface area (Å²) < 4.78 is 0. The Bertz CT molecular complexity index is 233. The first kappa shape index (κ1) is 9.09. The lowest BCUT2D eigenvalue weighted by atomic mass is 11.1. The summed E-state index contributed by atoms with van der Waals surface area (Å²) in [7, 11) is 0. The number of nitrogens with zero attached hydrogens (tertiary/aromatic N) is 3. The molecule has 0 saturated carbocycles. The number of aromatic nitrogens is 3. The van der Waals surface area contributed by atoms with E-state index in [-0.39, 0.29) is 5.28 Å². The molecule has 60 valence electrons. The van der Waals surface area contributed by atoms with E-state index >= 15 is 0 Å². The van der Waals surface area contributed by atoms with E-state index < -0.39 is 0 Å². The predicted molar refractivity (Wildman–Crippen MR) is 48.4 cm³/mol. The summed E-state index contributed by atoms with van der Waals surface area (Å²) in [6.07, 6.45) is 3.80. The number of halogens is 1. The van der Waals surface area contributed by atoms with Gasteiger partial charge in [-0.2, -0.15) is 15.0 Å². The molecule has 0 aromatic carbocycles. The average molecular weight is 208 g/mol. The lowest BCUT2D eigenvalue weighted by Gasteiger charge is -1.97. The Balaban J connectivity index is 3.02. The molecular weight excluding hydrogens is 202 g/mol. The number of thioether (sulfide) groups is 2. The largest absolute Gasteiger partial charge is 0.227 e. The highest BCUT2D eigenvalue weighted by molar-refractivity contribution is 7.99. The van der Waals surface area contributed by atoms with Crippen LogP contribution in [0.25, 0.3) is 0 Å². The van der Waals surface area contributed by atoms with Crippen LogP contribution in [0.15, 0.2) is 10.3 Å². The van der Waals surface area contributed by atoms with Gasteiger partial charge in [0.2, 0.25) is 5.28 Å². The molecule has 0 unspecified atom stereocenters. The zero-order valence-corrected chi connectivity index (χ0v) is 8.43. The fraction of sp³-hybridized carbons (Fsp3) is 0.400. The van der Waals surface area contributed by atoms with Gasteiger partial charge in [0.05, 0.1) is 0 Å². The van der Waals surface area contributed by atoms with Crippen LogP contribution in [0.3, 0.4) is 0 Å². The third-order valence-electron chi connectivity index (χ3n) is 0.932. The summed E-state index contributed by atoms with van der Waals surface area (Å²) in [6.45, 7) is 0. The first-order valence-corrected chi connectivity index (χ1v) is 5.58. The Morgan fingerprint density at radius 3 is 1.82 bits per heavy atom. The second-order valence-corrected chi connectivity index (χ2v) is 3.46. The van der Waals surface area contributed by atoms with E-state index in [0.717, 1.165) is 0 Å². The first-order chi connectivity index (χ1) is 5.26. The van der Waals surface area contributed by atoms with Gasteiger partial charge in [-0.25, -0.2) is 0 Å². The van der Waals surface area contributed by atoms with Gasteiger partial charge in [-0.1, -0.05) is 23.5 Å². The molecule has 1 aromatic rings. The van der Waals surface area contributed by atoms with Gasteiger partial charge < -0.3 is 0 Å². The van der Waals surface area contributed by atoms with Crippen LogP contribution in [0.4, 0.5) is 0 Å². The van der Waals surface area contributed by atoms with E-state index in [4.69, 9.17) is 11.6 Å². The van der Waals surface area contributed by atoms with E-state index in [1.807, 2.05) is 12.5 Å². The van der Waals surface area contributed by atoms with Crippen molar-refractivity contribution < 1.29 is 0 Å². The maximum Gasteiger partial charge on any atom is 0.227 e. The van der Waals surface area contributed by atoms with Crippen molar-refractivity contribution in [3.63, 3.8) is 0 Å². The fourth-order valence-electron chi connectivity index (χ4n) is 0.497. The summed E-state index contributed by atoms with van der Waals surface area (Å²) in [5.74, 6) is 0. The zero-order valence-electron chi connectivity index (χ0n) is 6.04. The van der Waals surface area contributed by atoms with Gasteiger partial charge in [0.15, 0.2) is 10.3 Å². The number of rotatable bonds is 2. The minimum atomic E-state index is 0.258. The minimum absolute atomic E-state index is 0.258. The van der Waals surface area contributed by atoms with Crippen LogP contribution in [0, 0.1) is 0 Å². The highest BCUT2D eigenvalue weighted by atomic mass is 35.5. The first-order valence-electron chi connectivity index (χ1n) is 2.76. The van der Waals surface area contributed by atoms with Crippen molar-refractivity contribution in [3.8, 4) is 0 Å². The summed E-state index contributed by atoms with van der Waals surface area (Å²) in [5.41, 5.74) is 0. The van der Waals surface area contributed by atoms with Crippen molar-refractivity contribution in [2.75, 3.05) is 12.5 Å². The van der Waals surface area contributed by atoms with Crippen molar-refractivity contribution in [1.82, 2.24) is 15.0 Å². The Morgan fingerprint density at radius 1 is 1.00 bits per heavy atom. The molecule has 0 aliphatic rings. The molecule has 0 spiro atoms. The molecule has 11 heavy (non-hydrogen) atoms. The maximum absolute atomic E-state index is 5.62. The van der Waals surface area contributed by atoms with Crippen molar-refractivity contribution in [2.24, 2.45) is 0 Å². The highest BCUT2D eigenvalue weighted by Crippen LogP contribution is 2.15. The molecule has 1 aromatic heterocycles. The van der Waals surface area contributed by atoms with Crippen LogP contribution in [0.1, 0.15) is 0 Å². The fourth-order valence-corrected chi connectivity index (χ4v) is 1.53. The van der Waals surface area contributed by atoms with Gasteiger partial charge in [-0.05, 0) is 24.1 Å². The molecule has 0 atom stereocenters. The summed E-state index contributed by atoms with van der Waals surface area (Å²) in [4.78, 5) is 11.9. The standard InChI is InChI=1S/C5H6ClN3S2/c1-10-4-7-3(6)8-5(9-4)11-2/h1-2H3. The van der Waals surface area contributed by atoms with Gasteiger partial charge >= 0.3 is 0 Å². The Kier molecular flexibility index (Phi) is 3.42. The van der Waals surface area contributed by atoms with Gasteiger partial charge in [-0.15, -0.1) is 0 Å². The van der Waals surface area contributed by atoms with Crippen molar-refractivity contribution in [2.45, 2.75) is 10.3 Å². The molecular formula is C5H6ClN3S2. The third-order valence-corrected chi connectivity index (χ3v) is 2.20. The number of hydrogen-bond donors (Lipinski definition) is 0. The third kappa shape index (κ3) is 2.50. The van der Waals surface area contributed by atoms with E-state index in [9.17, 15) is 0 Å². The van der Waals surface area contributed by atoms with E-state index in [0.29, 0.717) is 10.3 Å². The Labute approximate surface area is 78.4 Å². The molecule has 0 radical (unpaired) electrons. The molecule has 1 rings (SSSR count). The second-order valence-electron chi connectivity index (χ2n) is 1.58. The zero-order chi connectivity index (χ0) is 8.27. The Hall–Kier alpha value is -0.000000000000000111. The Morgan fingerprint density at radius 2 is 1.45 bits per heavy atom. The maximum atomic E-state index is 5.62. The van der Waals surface area contributed by atoms with Crippen LogP contribution < -0.4 is 0 Å². The molecule has 0 fully saturated rings. The smallest absolute Gasteiger partial charge is 0.196 e. The van der Waals surface area contributed by atoms with Gasteiger partial charge in [0.25, 0.3) is 0 Å². The molecule has 3 nitrogen and oxygen atoms in total. The molecule has 6 heteroatoms. The van der Waals surface area contributed by atoms with E-state index in [1.54, 1.807) is 0 Å². The number of hydrogen-bond acceptors (Lipinski definition) is 5. The normalized spacial score (nSPS) is 10.1. The van der Waals surface area contributed by atoms with Crippen molar-refractivity contribution in [3.05, 3.63) is 5.28 Å². The summed E-state index contributed by atoms with van der Waals surface area (Å²) >= 11 is 8.52.